The van der Waals surface area contributed by atoms with Gasteiger partial charge in [-0.15, -0.1) is 0 Å². The van der Waals surface area contributed by atoms with E-state index in [1.807, 2.05) is 6.07 Å². The second-order valence-corrected chi connectivity index (χ2v) is 4.76. The number of para-hydroxylation sites is 2. The highest BCUT2D eigenvalue weighted by atomic mass is 16.5. The molecule has 6 heteroatoms. The van der Waals surface area contributed by atoms with E-state index in [0.29, 0.717) is 5.69 Å². The lowest BCUT2D eigenvalue weighted by Gasteiger charge is -2.14. The highest BCUT2D eigenvalue weighted by molar-refractivity contribution is 5.98. The van der Waals surface area contributed by atoms with Crippen LogP contribution in [0.15, 0.2) is 48.5 Å². The van der Waals surface area contributed by atoms with Crippen molar-refractivity contribution in [2.45, 2.75) is 13.0 Å². The first-order valence-electron chi connectivity index (χ1n) is 6.95. The zero-order chi connectivity index (χ0) is 16.8. The first kappa shape index (κ1) is 16.4. The van der Waals surface area contributed by atoms with Gasteiger partial charge in [0.1, 0.15) is 5.56 Å². The minimum Gasteiger partial charge on any atom is -0.504 e. The maximum atomic E-state index is 12.1. The number of rotatable bonds is 5. The number of carbonyl (C=O) groups is 2. The third-order valence-corrected chi connectivity index (χ3v) is 3.13. The summed E-state index contributed by atoms with van der Waals surface area (Å²) in [6.45, 7) is 1.45. The van der Waals surface area contributed by atoms with Gasteiger partial charge in [-0.05, 0) is 31.2 Å². The summed E-state index contributed by atoms with van der Waals surface area (Å²) in [6, 6.07) is 13.3. The monoisotopic (exact) mass is 315 g/mol. The van der Waals surface area contributed by atoms with Gasteiger partial charge in [-0.3, -0.25) is 4.79 Å². The molecule has 0 aliphatic carbocycles. The van der Waals surface area contributed by atoms with Crippen molar-refractivity contribution in [2.24, 2.45) is 0 Å². The van der Waals surface area contributed by atoms with Crippen LogP contribution in [0.2, 0.25) is 0 Å². The number of benzene rings is 2. The summed E-state index contributed by atoms with van der Waals surface area (Å²) in [5, 5.41) is 12.6. The van der Waals surface area contributed by atoms with Crippen molar-refractivity contribution in [2.75, 3.05) is 12.4 Å². The molecule has 0 aromatic heterocycles. The first-order valence-corrected chi connectivity index (χ1v) is 6.95. The molecule has 0 heterocycles. The smallest absolute Gasteiger partial charge is 0.342 e. The number of phenolic OH excluding ortho intramolecular Hbond substituents is 1. The van der Waals surface area contributed by atoms with Crippen molar-refractivity contribution in [3.63, 3.8) is 0 Å². The fourth-order valence-electron chi connectivity index (χ4n) is 1.89. The van der Waals surface area contributed by atoms with Gasteiger partial charge in [0, 0.05) is 5.69 Å². The molecule has 2 aromatic rings. The van der Waals surface area contributed by atoms with E-state index in [4.69, 9.17) is 9.47 Å². The molecule has 0 spiro atoms. The Hall–Kier alpha value is -3.02. The molecule has 0 fully saturated rings. The van der Waals surface area contributed by atoms with E-state index >= 15 is 0 Å². The van der Waals surface area contributed by atoms with Crippen LogP contribution in [-0.4, -0.2) is 30.2 Å². The lowest BCUT2D eigenvalue weighted by molar-refractivity contribution is -0.123. The fraction of sp³-hybridized carbons (Fsp3) is 0.176. The number of aromatic hydroxyl groups is 1. The Labute approximate surface area is 133 Å². The van der Waals surface area contributed by atoms with E-state index < -0.39 is 18.0 Å². The van der Waals surface area contributed by atoms with Crippen molar-refractivity contribution in [3.05, 3.63) is 54.1 Å². The van der Waals surface area contributed by atoms with Crippen LogP contribution in [0.3, 0.4) is 0 Å². The summed E-state index contributed by atoms with van der Waals surface area (Å²) in [6.07, 6.45) is -1.02. The van der Waals surface area contributed by atoms with Gasteiger partial charge < -0.3 is 19.9 Å². The van der Waals surface area contributed by atoms with Gasteiger partial charge in [0.25, 0.3) is 5.91 Å². The zero-order valence-corrected chi connectivity index (χ0v) is 12.8. The molecule has 0 saturated carbocycles. The molecule has 23 heavy (non-hydrogen) atoms. The molecule has 1 amide bonds. The minimum absolute atomic E-state index is 0.0660. The van der Waals surface area contributed by atoms with Gasteiger partial charge in [-0.25, -0.2) is 4.79 Å². The molecule has 2 rings (SSSR count). The number of hydrogen-bond acceptors (Lipinski definition) is 5. The molecule has 120 valence electrons. The number of esters is 1. The van der Waals surface area contributed by atoms with Gasteiger partial charge >= 0.3 is 5.97 Å². The normalized spacial score (nSPS) is 11.4. The number of methoxy groups -OCH3 is 1. The summed E-state index contributed by atoms with van der Waals surface area (Å²) in [4.78, 5) is 24.1. The minimum atomic E-state index is -1.02. The summed E-state index contributed by atoms with van der Waals surface area (Å²) in [7, 11) is 1.38. The summed E-state index contributed by atoms with van der Waals surface area (Å²) in [5.41, 5.74) is 0.535. The van der Waals surface area contributed by atoms with Crippen molar-refractivity contribution in [3.8, 4) is 11.5 Å². The predicted octanol–water partition coefficient (Wildman–Crippen LogP) is 2.58. The van der Waals surface area contributed by atoms with Crippen molar-refractivity contribution in [1.82, 2.24) is 0 Å². The second-order valence-electron chi connectivity index (χ2n) is 4.76. The molecule has 0 aliphatic rings. The van der Waals surface area contributed by atoms with Crippen molar-refractivity contribution in [1.29, 1.82) is 0 Å². The van der Waals surface area contributed by atoms with E-state index in [0.717, 1.165) is 0 Å². The highest BCUT2D eigenvalue weighted by Gasteiger charge is 2.22. The predicted molar refractivity (Wildman–Crippen MR) is 84.6 cm³/mol. The number of ether oxygens (including phenoxy) is 2. The average molecular weight is 315 g/mol. The fourth-order valence-corrected chi connectivity index (χ4v) is 1.89. The summed E-state index contributed by atoms with van der Waals surface area (Å²) < 4.78 is 10.0. The Kier molecular flexibility index (Phi) is 5.19. The number of hydrogen-bond donors (Lipinski definition) is 2. The van der Waals surface area contributed by atoms with Crippen LogP contribution < -0.4 is 10.1 Å². The topological polar surface area (TPSA) is 84.9 Å². The third kappa shape index (κ3) is 4.00. The van der Waals surface area contributed by atoms with Crippen LogP contribution in [0.5, 0.6) is 11.5 Å². The first-order chi connectivity index (χ1) is 11.0. The molecule has 0 saturated heterocycles. The van der Waals surface area contributed by atoms with Gasteiger partial charge in [0.05, 0.1) is 7.11 Å². The number of anilines is 1. The quantitative estimate of drug-likeness (QED) is 0.828. The lowest BCUT2D eigenvalue weighted by atomic mass is 10.2. The SMILES string of the molecule is COc1cccc(C(=O)O[C@H](C)C(=O)Nc2ccccc2)c1O. The lowest BCUT2D eigenvalue weighted by Crippen LogP contribution is -2.30. The molecule has 0 bridgehead atoms. The molecule has 0 radical (unpaired) electrons. The van der Waals surface area contributed by atoms with E-state index in [1.165, 1.54) is 26.2 Å². The Morgan fingerprint density at radius 3 is 2.43 bits per heavy atom. The van der Waals surface area contributed by atoms with Crippen molar-refractivity contribution < 1.29 is 24.2 Å². The number of carbonyl (C=O) groups excluding carboxylic acids is 2. The molecular formula is C17H17NO5. The molecule has 2 aromatic carbocycles. The maximum Gasteiger partial charge on any atom is 0.342 e. The van der Waals surface area contributed by atoms with Crippen LogP contribution in [0, 0.1) is 0 Å². The highest BCUT2D eigenvalue weighted by Crippen LogP contribution is 2.30. The van der Waals surface area contributed by atoms with E-state index in [1.54, 1.807) is 30.3 Å². The molecule has 0 unspecified atom stereocenters. The van der Waals surface area contributed by atoms with Crippen LogP contribution in [0.4, 0.5) is 5.69 Å². The van der Waals surface area contributed by atoms with E-state index in [-0.39, 0.29) is 17.1 Å². The second kappa shape index (κ2) is 7.31. The van der Waals surface area contributed by atoms with E-state index in [9.17, 15) is 14.7 Å². The summed E-state index contributed by atoms with van der Waals surface area (Å²) in [5.74, 6) is -1.44. The van der Waals surface area contributed by atoms with Gasteiger partial charge in [-0.1, -0.05) is 24.3 Å². The largest absolute Gasteiger partial charge is 0.504 e. The van der Waals surface area contributed by atoms with Gasteiger partial charge in [-0.2, -0.15) is 0 Å². The summed E-state index contributed by atoms with van der Waals surface area (Å²) >= 11 is 0. The van der Waals surface area contributed by atoms with Crippen LogP contribution in [0.1, 0.15) is 17.3 Å². The van der Waals surface area contributed by atoms with E-state index in [2.05, 4.69) is 5.32 Å². The molecule has 2 N–H and O–H groups in total. The van der Waals surface area contributed by atoms with Gasteiger partial charge in [0.2, 0.25) is 0 Å². The average Bonchev–Trinajstić information content (AvgIpc) is 2.55. The Morgan fingerprint density at radius 2 is 1.78 bits per heavy atom. The molecule has 1 atom stereocenters. The molecule has 6 nitrogen and oxygen atoms in total. The third-order valence-electron chi connectivity index (χ3n) is 3.13. The number of nitrogens with one attached hydrogen (secondary N) is 1. The molecule has 0 aliphatic heterocycles. The number of amides is 1. The molecular weight excluding hydrogens is 298 g/mol. The standard InChI is InChI=1S/C17H17NO5/c1-11(16(20)18-12-7-4-3-5-8-12)23-17(21)13-9-6-10-14(22-2)15(13)19/h3-11,19H,1-2H3,(H,18,20)/t11-/m1/s1. The Bertz CT molecular complexity index is 699. The maximum absolute atomic E-state index is 12.1. The zero-order valence-electron chi connectivity index (χ0n) is 12.8. The van der Waals surface area contributed by atoms with Crippen LogP contribution >= 0.6 is 0 Å². The number of phenols is 1. The van der Waals surface area contributed by atoms with Crippen LogP contribution in [0.25, 0.3) is 0 Å². The van der Waals surface area contributed by atoms with Crippen molar-refractivity contribution >= 4 is 17.6 Å². The van der Waals surface area contributed by atoms with Crippen LogP contribution in [-0.2, 0) is 9.53 Å². The Morgan fingerprint density at radius 1 is 1.09 bits per heavy atom. The van der Waals surface area contributed by atoms with Gasteiger partial charge in [0.15, 0.2) is 17.6 Å². The Balaban J connectivity index is 2.03.